The fraction of sp³-hybridized carbons (Fsp3) is 0.200. The molecule has 0 aliphatic carbocycles. The molecule has 0 aromatic heterocycles. The lowest BCUT2D eigenvalue weighted by atomic mass is 10.2. The highest BCUT2D eigenvalue weighted by molar-refractivity contribution is 9.10. The van der Waals surface area contributed by atoms with Crippen LogP contribution in [0.4, 0.5) is 5.69 Å². The van der Waals surface area contributed by atoms with Gasteiger partial charge in [-0.3, -0.25) is 0 Å². The maximum atomic E-state index is 5.93. The molecule has 0 saturated heterocycles. The first-order chi connectivity index (χ1) is 9.19. The fourth-order valence-electron chi connectivity index (χ4n) is 1.75. The Balaban J connectivity index is 2.03. The molecule has 4 heteroatoms. The topological polar surface area (TPSA) is 44.5 Å². The Morgan fingerprint density at radius 2 is 1.95 bits per heavy atom. The lowest BCUT2D eigenvalue weighted by Gasteiger charge is -2.10. The quantitative estimate of drug-likeness (QED) is 0.853. The summed E-state index contributed by atoms with van der Waals surface area (Å²) in [6.07, 6.45) is 0. The zero-order chi connectivity index (χ0) is 13.7. The Morgan fingerprint density at radius 3 is 2.68 bits per heavy atom. The molecule has 0 saturated carbocycles. The molecule has 0 radical (unpaired) electrons. The largest absolute Gasteiger partial charge is 0.489 e. The van der Waals surface area contributed by atoms with Gasteiger partial charge in [0.05, 0.1) is 6.61 Å². The summed E-state index contributed by atoms with van der Waals surface area (Å²) in [5.74, 6) is 0.817. The van der Waals surface area contributed by atoms with E-state index in [0.717, 1.165) is 27.0 Å². The van der Waals surface area contributed by atoms with Gasteiger partial charge < -0.3 is 15.2 Å². The second kappa shape index (κ2) is 6.59. The minimum Gasteiger partial charge on any atom is -0.489 e. The Kier molecular flexibility index (Phi) is 4.82. The van der Waals surface area contributed by atoms with Crippen LogP contribution in [0.5, 0.6) is 5.75 Å². The monoisotopic (exact) mass is 321 g/mol. The molecule has 0 fully saturated rings. The molecule has 0 spiro atoms. The number of halogens is 1. The first-order valence-corrected chi connectivity index (χ1v) is 6.73. The Labute approximate surface area is 121 Å². The molecular formula is C15H16BrNO2. The van der Waals surface area contributed by atoms with E-state index >= 15 is 0 Å². The summed E-state index contributed by atoms with van der Waals surface area (Å²) < 4.78 is 11.8. The second-order valence-electron chi connectivity index (χ2n) is 4.21. The fourth-order valence-corrected chi connectivity index (χ4v) is 2.13. The number of ether oxygens (including phenoxy) is 2. The van der Waals surface area contributed by atoms with Gasteiger partial charge in [0.1, 0.15) is 12.4 Å². The molecule has 2 aromatic rings. The number of nitrogens with two attached hydrogens (primary N) is 1. The highest BCUT2D eigenvalue weighted by Gasteiger charge is 2.02. The smallest absolute Gasteiger partial charge is 0.120 e. The van der Waals surface area contributed by atoms with Gasteiger partial charge in [-0.15, -0.1) is 0 Å². The number of hydrogen-bond acceptors (Lipinski definition) is 3. The summed E-state index contributed by atoms with van der Waals surface area (Å²) in [4.78, 5) is 0. The zero-order valence-electron chi connectivity index (χ0n) is 10.7. The third kappa shape index (κ3) is 3.98. The average molecular weight is 322 g/mol. The average Bonchev–Trinajstić information content (AvgIpc) is 2.38. The predicted molar refractivity (Wildman–Crippen MR) is 80.0 cm³/mol. The van der Waals surface area contributed by atoms with Crippen LogP contribution in [0.25, 0.3) is 0 Å². The van der Waals surface area contributed by atoms with E-state index in [4.69, 9.17) is 15.2 Å². The third-order valence-corrected chi connectivity index (χ3v) is 3.20. The van der Waals surface area contributed by atoms with E-state index in [-0.39, 0.29) is 0 Å². The maximum Gasteiger partial charge on any atom is 0.120 e. The molecule has 0 aliphatic heterocycles. The number of benzene rings is 2. The summed E-state index contributed by atoms with van der Waals surface area (Å²) in [6.45, 7) is 1.03. The van der Waals surface area contributed by atoms with Crippen molar-refractivity contribution >= 4 is 21.6 Å². The standard InChI is InChI=1S/C15H16BrNO2/c1-18-9-11-3-2-4-14(7-11)19-10-12-5-6-13(16)8-15(12)17/h2-8H,9-10,17H2,1H3. The normalized spacial score (nSPS) is 10.4. The minimum absolute atomic E-state index is 0.454. The van der Waals surface area contributed by atoms with Gasteiger partial charge >= 0.3 is 0 Å². The van der Waals surface area contributed by atoms with Gasteiger partial charge in [0.2, 0.25) is 0 Å². The molecule has 0 unspecified atom stereocenters. The number of anilines is 1. The molecule has 100 valence electrons. The van der Waals surface area contributed by atoms with E-state index in [1.807, 2.05) is 42.5 Å². The van der Waals surface area contributed by atoms with Crippen LogP contribution in [0.3, 0.4) is 0 Å². The lowest BCUT2D eigenvalue weighted by molar-refractivity contribution is 0.184. The number of hydrogen-bond donors (Lipinski definition) is 1. The zero-order valence-corrected chi connectivity index (χ0v) is 12.3. The highest BCUT2D eigenvalue weighted by Crippen LogP contribution is 2.21. The molecule has 0 heterocycles. The van der Waals surface area contributed by atoms with Crippen LogP contribution in [-0.4, -0.2) is 7.11 Å². The molecule has 2 aromatic carbocycles. The number of rotatable bonds is 5. The SMILES string of the molecule is COCc1cccc(OCc2ccc(Br)cc2N)c1. The van der Waals surface area contributed by atoms with Gasteiger partial charge in [0, 0.05) is 22.8 Å². The van der Waals surface area contributed by atoms with Gasteiger partial charge in [0.15, 0.2) is 0 Å². The van der Waals surface area contributed by atoms with Crippen LogP contribution in [0.15, 0.2) is 46.9 Å². The van der Waals surface area contributed by atoms with Crippen molar-refractivity contribution in [2.45, 2.75) is 13.2 Å². The maximum absolute atomic E-state index is 5.93. The van der Waals surface area contributed by atoms with Gasteiger partial charge in [0.25, 0.3) is 0 Å². The molecule has 0 aliphatic rings. The predicted octanol–water partition coefficient (Wildman–Crippen LogP) is 3.76. The van der Waals surface area contributed by atoms with Crippen molar-refractivity contribution in [3.63, 3.8) is 0 Å². The second-order valence-corrected chi connectivity index (χ2v) is 5.13. The summed E-state index contributed by atoms with van der Waals surface area (Å²) in [7, 11) is 1.68. The summed E-state index contributed by atoms with van der Waals surface area (Å²) >= 11 is 3.38. The minimum atomic E-state index is 0.454. The van der Waals surface area contributed by atoms with Gasteiger partial charge in [-0.2, -0.15) is 0 Å². The van der Waals surface area contributed by atoms with Crippen molar-refractivity contribution in [1.29, 1.82) is 0 Å². The highest BCUT2D eigenvalue weighted by atomic mass is 79.9. The van der Waals surface area contributed by atoms with E-state index in [0.29, 0.717) is 13.2 Å². The Bertz CT molecular complexity index is 558. The van der Waals surface area contributed by atoms with Crippen LogP contribution in [0.2, 0.25) is 0 Å². The van der Waals surface area contributed by atoms with Crippen molar-refractivity contribution in [3.05, 3.63) is 58.1 Å². The Hall–Kier alpha value is -1.52. The van der Waals surface area contributed by atoms with Crippen LogP contribution in [-0.2, 0) is 18.0 Å². The van der Waals surface area contributed by atoms with Crippen molar-refractivity contribution in [2.24, 2.45) is 0 Å². The summed E-state index contributed by atoms with van der Waals surface area (Å²) in [6, 6.07) is 13.6. The van der Waals surface area contributed by atoms with Gasteiger partial charge in [-0.1, -0.05) is 34.1 Å². The van der Waals surface area contributed by atoms with Crippen molar-refractivity contribution in [3.8, 4) is 5.75 Å². The van der Waals surface area contributed by atoms with Crippen LogP contribution >= 0.6 is 15.9 Å². The van der Waals surface area contributed by atoms with E-state index in [9.17, 15) is 0 Å². The molecule has 0 amide bonds. The van der Waals surface area contributed by atoms with Crippen LogP contribution < -0.4 is 10.5 Å². The first-order valence-electron chi connectivity index (χ1n) is 5.93. The van der Waals surface area contributed by atoms with Crippen molar-refractivity contribution < 1.29 is 9.47 Å². The first kappa shape index (κ1) is 13.9. The van der Waals surface area contributed by atoms with Crippen LogP contribution in [0.1, 0.15) is 11.1 Å². The molecule has 0 bridgehead atoms. The van der Waals surface area contributed by atoms with E-state index in [1.54, 1.807) is 7.11 Å². The summed E-state index contributed by atoms with van der Waals surface area (Å²) in [5, 5.41) is 0. The molecule has 0 atom stereocenters. The molecule has 3 nitrogen and oxygen atoms in total. The van der Waals surface area contributed by atoms with E-state index < -0.39 is 0 Å². The van der Waals surface area contributed by atoms with Gasteiger partial charge in [-0.05, 0) is 29.8 Å². The van der Waals surface area contributed by atoms with Gasteiger partial charge in [-0.25, -0.2) is 0 Å². The Morgan fingerprint density at radius 1 is 1.11 bits per heavy atom. The lowest BCUT2D eigenvalue weighted by Crippen LogP contribution is -2.00. The molecular weight excluding hydrogens is 306 g/mol. The molecule has 19 heavy (non-hydrogen) atoms. The third-order valence-electron chi connectivity index (χ3n) is 2.71. The number of methoxy groups -OCH3 is 1. The van der Waals surface area contributed by atoms with E-state index in [2.05, 4.69) is 15.9 Å². The molecule has 2 rings (SSSR count). The number of nitrogen functional groups attached to an aromatic ring is 1. The molecule has 2 N–H and O–H groups in total. The van der Waals surface area contributed by atoms with Crippen molar-refractivity contribution in [1.82, 2.24) is 0 Å². The van der Waals surface area contributed by atoms with Crippen LogP contribution in [0, 0.1) is 0 Å². The van der Waals surface area contributed by atoms with Crippen molar-refractivity contribution in [2.75, 3.05) is 12.8 Å². The summed E-state index contributed by atoms with van der Waals surface area (Å²) in [5.41, 5.74) is 8.72. The van der Waals surface area contributed by atoms with E-state index in [1.165, 1.54) is 0 Å².